The van der Waals surface area contributed by atoms with Crippen LogP contribution in [0.25, 0.3) is 0 Å². The number of carbonyl (C=O) groups excluding carboxylic acids is 1. The van der Waals surface area contributed by atoms with E-state index in [9.17, 15) is 4.79 Å². The molecule has 8 nitrogen and oxygen atoms in total. The average Bonchev–Trinajstić information content (AvgIpc) is 3.24. The van der Waals surface area contributed by atoms with Gasteiger partial charge in [-0.25, -0.2) is 4.79 Å². The molecule has 5 aromatic rings. The van der Waals surface area contributed by atoms with E-state index in [1.165, 1.54) is 7.11 Å². The third kappa shape index (κ3) is 10.7. The minimum Gasteiger partial charge on any atom is -0.464 e. The number of ether oxygens (including phenoxy) is 6. The predicted molar refractivity (Wildman–Crippen MR) is 213 cm³/mol. The van der Waals surface area contributed by atoms with E-state index in [4.69, 9.17) is 33.4 Å². The fourth-order valence-electron chi connectivity index (χ4n) is 6.84. The van der Waals surface area contributed by atoms with E-state index in [1.54, 1.807) is 6.08 Å². The lowest BCUT2D eigenvalue weighted by molar-refractivity contribution is -0.289. The number of carbonyl (C=O) groups is 1. The van der Waals surface area contributed by atoms with Crippen molar-refractivity contribution < 1.29 is 33.2 Å². The first kappa shape index (κ1) is 39.5. The zero-order chi connectivity index (χ0) is 38.1. The van der Waals surface area contributed by atoms with Gasteiger partial charge in [-0.2, -0.15) is 0 Å². The van der Waals surface area contributed by atoms with Crippen molar-refractivity contribution in [3.8, 4) is 0 Å². The van der Waals surface area contributed by atoms with E-state index in [2.05, 4.69) is 6.58 Å². The molecule has 1 aliphatic heterocycles. The van der Waals surface area contributed by atoms with Gasteiger partial charge >= 0.3 is 5.97 Å². The first-order valence-electron chi connectivity index (χ1n) is 18.6. The van der Waals surface area contributed by atoms with Crippen molar-refractivity contribution >= 4 is 11.7 Å². The molecule has 0 radical (unpaired) electrons. The third-order valence-corrected chi connectivity index (χ3v) is 9.54. The van der Waals surface area contributed by atoms with Crippen molar-refractivity contribution in [2.24, 2.45) is 4.99 Å². The van der Waals surface area contributed by atoms with Crippen LogP contribution in [0.15, 0.2) is 169 Å². The van der Waals surface area contributed by atoms with Crippen LogP contribution in [0.4, 0.5) is 0 Å². The SMILES string of the molecule is C=CC[C@@]1(C(=NCc2ccccc2)C(=O)OC)OC(COCc2ccccc2)[C@H](OCc2ccccc2)[C@H](OCc2ccccc2)C1OCc1ccccc1. The lowest BCUT2D eigenvalue weighted by Gasteiger charge is -2.52. The predicted octanol–water partition coefficient (Wildman–Crippen LogP) is 8.49. The second-order valence-electron chi connectivity index (χ2n) is 13.4. The van der Waals surface area contributed by atoms with Crippen LogP contribution in [0.2, 0.25) is 0 Å². The van der Waals surface area contributed by atoms with E-state index in [1.807, 2.05) is 152 Å². The molecule has 1 aliphatic rings. The molecule has 0 N–H and O–H groups in total. The Morgan fingerprint density at radius 3 is 1.55 bits per heavy atom. The minimum absolute atomic E-state index is 0.0692. The van der Waals surface area contributed by atoms with Gasteiger partial charge < -0.3 is 28.4 Å². The maximum atomic E-state index is 14.1. The van der Waals surface area contributed by atoms with Crippen LogP contribution in [0.3, 0.4) is 0 Å². The van der Waals surface area contributed by atoms with Crippen LogP contribution in [-0.2, 0) is 66.2 Å². The summed E-state index contributed by atoms with van der Waals surface area (Å²) in [5, 5.41) is 0. The smallest absolute Gasteiger partial charge is 0.355 e. The second kappa shape index (κ2) is 20.5. The highest BCUT2D eigenvalue weighted by molar-refractivity contribution is 6.40. The minimum atomic E-state index is -1.52. The highest BCUT2D eigenvalue weighted by atomic mass is 16.6. The molecule has 0 saturated carbocycles. The van der Waals surface area contributed by atoms with E-state index in [0.717, 1.165) is 27.8 Å². The van der Waals surface area contributed by atoms with E-state index >= 15 is 0 Å². The van der Waals surface area contributed by atoms with Crippen molar-refractivity contribution in [1.29, 1.82) is 0 Å². The number of rotatable bonds is 19. The summed E-state index contributed by atoms with van der Waals surface area (Å²) < 4.78 is 39.9. The van der Waals surface area contributed by atoms with Crippen LogP contribution in [0.1, 0.15) is 34.2 Å². The molecule has 0 bridgehead atoms. The van der Waals surface area contributed by atoms with Gasteiger partial charge in [0.25, 0.3) is 0 Å². The Bertz CT molecular complexity index is 1910. The summed E-state index contributed by atoms with van der Waals surface area (Å²) >= 11 is 0. The molecular weight excluding hydrogens is 691 g/mol. The average molecular weight is 740 g/mol. The lowest BCUT2D eigenvalue weighted by atomic mass is 9.78. The summed E-state index contributed by atoms with van der Waals surface area (Å²) in [5.41, 5.74) is 3.37. The monoisotopic (exact) mass is 739 g/mol. The molecule has 6 rings (SSSR count). The van der Waals surface area contributed by atoms with Gasteiger partial charge in [-0.3, -0.25) is 4.99 Å². The summed E-state index contributed by atoms with van der Waals surface area (Å²) in [6.45, 7) is 5.53. The number of methoxy groups -OCH3 is 1. The summed E-state index contributed by atoms with van der Waals surface area (Å²) in [6.07, 6.45) is -1.27. The molecule has 0 amide bonds. The van der Waals surface area contributed by atoms with Crippen molar-refractivity contribution in [3.05, 3.63) is 192 Å². The first-order valence-corrected chi connectivity index (χ1v) is 18.6. The highest BCUT2D eigenvalue weighted by Gasteiger charge is 2.60. The molecule has 8 heteroatoms. The standard InChI is InChI=1S/C47H49NO7/c1-3-29-47(44(46(49)50-2)48-30-36-19-9-4-10-20-36)45(54-34-40-27-17-8-18-28-40)43(53-33-39-25-15-7-16-26-39)42(52-32-38-23-13-6-14-24-38)41(55-47)35-51-31-37-21-11-5-12-22-37/h3-28,41-43,45H,1,29-35H2,2H3/t41?,42-,43-,45?,47-/m0/s1. The zero-order valence-electron chi connectivity index (χ0n) is 31.3. The number of hydrogen-bond donors (Lipinski definition) is 0. The van der Waals surface area contributed by atoms with E-state index in [0.29, 0.717) is 6.61 Å². The van der Waals surface area contributed by atoms with Crippen LogP contribution in [0, 0.1) is 0 Å². The van der Waals surface area contributed by atoms with Crippen molar-refractivity contribution in [1.82, 2.24) is 0 Å². The van der Waals surface area contributed by atoms with Gasteiger partial charge in [0.15, 0.2) is 5.71 Å². The second-order valence-corrected chi connectivity index (χ2v) is 13.4. The Labute approximate surface area is 324 Å². The third-order valence-electron chi connectivity index (χ3n) is 9.54. The lowest BCUT2D eigenvalue weighted by Crippen LogP contribution is -2.70. The van der Waals surface area contributed by atoms with Gasteiger partial charge in [-0.15, -0.1) is 6.58 Å². The highest BCUT2D eigenvalue weighted by Crippen LogP contribution is 2.41. The summed E-state index contributed by atoms with van der Waals surface area (Å²) in [6, 6.07) is 49.5. The van der Waals surface area contributed by atoms with Gasteiger partial charge in [0.1, 0.15) is 30.0 Å². The topological polar surface area (TPSA) is 84.8 Å². The number of benzene rings is 5. The number of esters is 1. The largest absolute Gasteiger partial charge is 0.464 e. The van der Waals surface area contributed by atoms with Crippen LogP contribution >= 0.6 is 0 Å². The first-order chi connectivity index (χ1) is 27.1. The van der Waals surface area contributed by atoms with Crippen molar-refractivity contribution in [3.63, 3.8) is 0 Å². The van der Waals surface area contributed by atoms with Crippen molar-refractivity contribution in [2.45, 2.75) is 69.4 Å². The summed E-state index contributed by atoms with van der Waals surface area (Å²) in [4.78, 5) is 19.1. The molecule has 5 aromatic carbocycles. The quantitative estimate of drug-likeness (QED) is 0.0477. The number of nitrogens with zero attached hydrogens (tertiary/aromatic N) is 1. The Morgan fingerprint density at radius 1 is 0.636 bits per heavy atom. The molecule has 284 valence electrons. The fraction of sp³-hybridized carbons (Fsp3) is 0.277. The van der Waals surface area contributed by atoms with Gasteiger partial charge in [-0.1, -0.05) is 158 Å². The molecule has 1 saturated heterocycles. The maximum Gasteiger partial charge on any atom is 0.355 e. The molecule has 2 unspecified atom stereocenters. The normalized spacial score (nSPS) is 21.1. The summed E-state index contributed by atoms with van der Waals surface area (Å²) in [7, 11) is 1.35. The van der Waals surface area contributed by atoms with E-state index < -0.39 is 36.0 Å². The molecule has 0 aromatic heterocycles. The van der Waals surface area contributed by atoms with Gasteiger partial charge in [0, 0.05) is 6.42 Å². The molecular formula is C47H49NO7. The maximum absolute atomic E-state index is 14.1. The zero-order valence-corrected chi connectivity index (χ0v) is 31.3. The van der Waals surface area contributed by atoms with Crippen LogP contribution < -0.4 is 0 Å². The molecule has 0 spiro atoms. The van der Waals surface area contributed by atoms with Crippen LogP contribution in [0.5, 0.6) is 0 Å². The number of aliphatic imine (C=N–C) groups is 1. The summed E-state index contributed by atoms with van der Waals surface area (Å²) in [5.74, 6) is -0.638. The van der Waals surface area contributed by atoms with E-state index in [-0.39, 0.29) is 45.1 Å². The molecule has 0 aliphatic carbocycles. The Kier molecular flexibility index (Phi) is 14.7. The number of hydrogen-bond acceptors (Lipinski definition) is 8. The Hall–Kier alpha value is -5.22. The van der Waals surface area contributed by atoms with Gasteiger partial charge in [0.2, 0.25) is 0 Å². The molecule has 1 heterocycles. The Morgan fingerprint density at radius 2 is 1.07 bits per heavy atom. The molecule has 5 atom stereocenters. The molecule has 55 heavy (non-hydrogen) atoms. The molecule has 1 fully saturated rings. The van der Waals surface area contributed by atoms with Crippen molar-refractivity contribution in [2.75, 3.05) is 13.7 Å². The van der Waals surface area contributed by atoms with Gasteiger partial charge in [0.05, 0.1) is 46.7 Å². The Balaban J connectivity index is 1.47. The fourth-order valence-corrected chi connectivity index (χ4v) is 6.84. The van der Waals surface area contributed by atoms with Crippen LogP contribution in [-0.4, -0.2) is 55.4 Å². The van der Waals surface area contributed by atoms with Gasteiger partial charge in [-0.05, 0) is 27.8 Å².